The molecular formula is C36H37ClFN5O4. The first-order valence-electron chi connectivity index (χ1n) is 15.7. The van der Waals surface area contributed by atoms with E-state index < -0.39 is 5.82 Å². The summed E-state index contributed by atoms with van der Waals surface area (Å²) in [6.07, 6.45) is 1.86. The first-order chi connectivity index (χ1) is 22.9. The van der Waals surface area contributed by atoms with Crippen LogP contribution in [0.4, 0.5) is 4.39 Å². The van der Waals surface area contributed by atoms with E-state index >= 15 is 0 Å². The highest BCUT2D eigenvalue weighted by Crippen LogP contribution is 2.29. The summed E-state index contributed by atoms with van der Waals surface area (Å²) in [5.74, 6) is 1.19. The van der Waals surface area contributed by atoms with Crippen LogP contribution in [0.15, 0.2) is 78.9 Å². The van der Waals surface area contributed by atoms with Crippen molar-refractivity contribution >= 4 is 28.5 Å². The van der Waals surface area contributed by atoms with E-state index in [2.05, 4.69) is 14.8 Å². The molecule has 0 unspecified atom stereocenters. The Labute approximate surface area is 277 Å². The third-order valence-electron chi connectivity index (χ3n) is 8.55. The number of fused-ring (bicyclic) bond motifs is 1. The van der Waals surface area contributed by atoms with Gasteiger partial charge in [-0.1, -0.05) is 41.9 Å². The summed E-state index contributed by atoms with van der Waals surface area (Å²) < 4.78 is 27.6. The lowest BCUT2D eigenvalue weighted by Crippen LogP contribution is -2.33. The molecule has 2 N–H and O–H groups in total. The first kappa shape index (κ1) is 32.4. The second-order valence-electron chi connectivity index (χ2n) is 11.7. The molecule has 244 valence electrons. The number of benzene rings is 3. The van der Waals surface area contributed by atoms with Crippen LogP contribution in [0.2, 0.25) is 5.02 Å². The van der Waals surface area contributed by atoms with E-state index in [1.165, 1.54) is 6.07 Å². The average molecular weight is 658 g/mol. The van der Waals surface area contributed by atoms with Crippen LogP contribution in [0.3, 0.4) is 0 Å². The summed E-state index contributed by atoms with van der Waals surface area (Å²) >= 11 is 5.86. The first-order valence-corrected chi connectivity index (χ1v) is 16.0. The lowest BCUT2D eigenvalue weighted by molar-refractivity contribution is 0.0951. The molecule has 47 heavy (non-hydrogen) atoms. The Kier molecular flexibility index (Phi) is 10.3. The maximum Gasteiger partial charge on any atom is 0.251 e. The number of rotatable bonds is 12. The molecule has 0 aliphatic carbocycles. The van der Waals surface area contributed by atoms with Crippen LogP contribution in [0, 0.1) is 5.82 Å². The lowest BCUT2D eigenvalue weighted by atomic mass is 9.93. The van der Waals surface area contributed by atoms with Crippen LogP contribution in [0.25, 0.3) is 11.0 Å². The summed E-state index contributed by atoms with van der Waals surface area (Å²) in [4.78, 5) is 25.1. The fraction of sp³-hybridized carbons (Fsp3) is 0.306. The number of hydrogen-bond acceptors (Lipinski definition) is 7. The number of likely N-dealkylation sites (tertiary alicyclic amines) is 1. The van der Waals surface area contributed by atoms with Gasteiger partial charge >= 0.3 is 0 Å². The molecule has 1 saturated heterocycles. The van der Waals surface area contributed by atoms with E-state index in [-0.39, 0.29) is 30.7 Å². The van der Waals surface area contributed by atoms with Crippen LogP contribution >= 0.6 is 11.6 Å². The van der Waals surface area contributed by atoms with E-state index in [0.717, 1.165) is 48.5 Å². The number of aromatic nitrogens is 3. The third-order valence-corrected chi connectivity index (χ3v) is 8.78. The van der Waals surface area contributed by atoms with E-state index in [9.17, 15) is 14.3 Å². The Bertz CT molecular complexity index is 1860. The van der Waals surface area contributed by atoms with Crippen LogP contribution in [0.5, 0.6) is 11.6 Å². The number of halogens is 2. The summed E-state index contributed by atoms with van der Waals surface area (Å²) in [6, 6.07) is 22.8. The number of amides is 1. The summed E-state index contributed by atoms with van der Waals surface area (Å²) in [6.45, 7) is 3.91. The number of carbonyl (C=O) groups is 1. The second kappa shape index (κ2) is 14.9. The SMILES string of the molecule is COCCn1c(CN2CCC(c3cccc(OCc4ccc(Cl)cc4F)n3)CC2)nc2cc(C(=O)NCc3ccccc3O)ccc21. The number of methoxy groups -OCH3 is 1. The van der Waals surface area contributed by atoms with E-state index in [1.807, 2.05) is 30.3 Å². The molecule has 3 aromatic carbocycles. The van der Waals surface area contributed by atoms with Crippen molar-refractivity contribution in [1.29, 1.82) is 0 Å². The molecule has 0 saturated carbocycles. The van der Waals surface area contributed by atoms with Gasteiger partial charge in [-0.15, -0.1) is 0 Å². The average Bonchev–Trinajstić information content (AvgIpc) is 3.42. The number of carbonyl (C=O) groups excluding carboxylic acids is 1. The van der Waals surface area contributed by atoms with Gasteiger partial charge in [0.05, 0.1) is 24.2 Å². The molecular weight excluding hydrogens is 621 g/mol. The number of imidazole rings is 1. The number of ether oxygens (including phenoxy) is 2. The molecule has 11 heteroatoms. The number of pyridine rings is 1. The number of piperidine rings is 1. The summed E-state index contributed by atoms with van der Waals surface area (Å²) in [5, 5.41) is 13.3. The fourth-order valence-electron chi connectivity index (χ4n) is 5.93. The molecule has 1 amide bonds. The predicted molar refractivity (Wildman–Crippen MR) is 178 cm³/mol. The van der Waals surface area contributed by atoms with Crippen molar-refractivity contribution < 1.29 is 23.8 Å². The van der Waals surface area contributed by atoms with E-state index in [0.29, 0.717) is 47.3 Å². The Morgan fingerprint density at radius 3 is 2.64 bits per heavy atom. The number of para-hydroxylation sites is 1. The fourth-order valence-corrected chi connectivity index (χ4v) is 6.09. The number of phenolic OH excluding ortho intramolecular Hbond substituents is 1. The highest BCUT2D eigenvalue weighted by molar-refractivity contribution is 6.30. The predicted octanol–water partition coefficient (Wildman–Crippen LogP) is 6.46. The molecule has 1 aliphatic heterocycles. The largest absolute Gasteiger partial charge is 0.508 e. The highest BCUT2D eigenvalue weighted by atomic mass is 35.5. The zero-order chi connectivity index (χ0) is 32.8. The van der Waals surface area contributed by atoms with Crippen LogP contribution < -0.4 is 10.1 Å². The van der Waals surface area contributed by atoms with Gasteiger partial charge < -0.3 is 24.5 Å². The zero-order valence-electron chi connectivity index (χ0n) is 26.2. The van der Waals surface area contributed by atoms with Crippen molar-refractivity contribution in [2.45, 2.75) is 45.0 Å². The molecule has 1 aliphatic rings. The number of phenols is 1. The standard InChI is InChI=1S/C36H37ClFN5O4/c1-46-18-17-43-32-12-10-25(36(45)39-21-26-5-2-3-7-33(26)44)19-31(32)40-34(43)22-42-15-13-24(14-16-42)30-6-4-8-35(41-30)47-23-27-9-11-28(37)20-29(27)38/h2-12,19-20,24,44H,13-18,21-23H2,1H3,(H,39,45). The zero-order valence-corrected chi connectivity index (χ0v) is 26.9. The Hall–Kier alpha value is -4.51. The molecule has 0 spiro atoms. The Balaban J connectivity index is 1.09. The molecule has 9 nitrogen and oxygen atoms in total. The summed E-state index contributed by atoms with van der Waals surface area (Å²) in [7, 11) is 1.68. The maximum absolute atomic E-state index is 14.2. The minimum atomic E-state index is -0.400. The van der Waals surface area contributed by atoms with Gasteiger partial charge in [0.15, 0.2) is 0 Å². The van der Waals surface area contributed by atoms with Gasteiger partial charge in [0.1, 0.15) is 24.0 Å². The van der Waals surface area contributed by atoms with E-state index in [4.69, 9.17) is 31.0 Å². The molecule has 0 radical (unpaired) electrons. The second-order valence-corrected chi connectivity index (χ2v) is 12.1. The number of nitrogens with zero attached hydrogens (tertiary/aromatic N) is 4. The monoisotopic (exact) mass is 657 g/mol. The number of hydrogen-bond donors (Lipinski definition) is 2. The maximum atomic E-state index is 14.2. The molecule has 2 aromatic heterocycles. The van der Waals surface area contributed by atoms with Crippen LogP contribution in [-0.4, -0.2) is 57.3 Å². The molecule has 5 aromatic rings. The van der Waals surface area contributed by atoms with Crippen molar-refractivity contribution in [3.63, 3.8) is 0 Å². The van der Waals surface area contributed by atoms with Gasteiger partial charge in [0.25, 0.3) is 5.91 Å². The topological polar surface area (TPSA) is 102 Å². The molecule has 3 heterocycles. The molecule has 0 atom stereocenters. The Morgan fingerprint density at radius 1 is 1.02 bits per heavy atom. The van der Waals surface area contributed by atoms with Crippen LogP contribution in [0.1, 0.15) is 51.8 Å². The van der Waals surface area contributed by atoms with Gasteiger partial charge in [-0.05, 0) is 68.4 Å². The molecule has 1 fully saturated rings. The van der Waals surface area contributed by atoms with E-state index in [1.54, 1.807) is 49.6 Å². The van der Waals surface area contributed by atoms with Gasteiger partial charge in [-0.2, -0.15) is 0 Å². The van der Waals surface area contributed by atoms with Crippen molar-refractivity contribution in [2.75, 3.05) is 26.8 Å². The number of aromatic hydroxyl groups is 1. The Morgan fingerprint density at radius 2 is 1.85 bits per heavy atom. The smallest absolute Gasteiger partial charge is 0.251 e. The molecule has 0 bridgehead atoms. The van der Waals surface area contributed by atoms with Crippen molar-refractivity contribution in [3.05, 3.63) is 118 Å². The van der Waals surface area contributed by atoms with Gasteiger partial charge in [0.2, 0.25) is 5.88 Å². The van der Waals surface area contributed by atoms with Crippen molar-refractivity contribution in [1.82, 2.24) is 24.8 Å². The van der Waals surface area contributed by atoms with Crippen molar-refractivity contribution in [2.24, 2.45) is 0 Å². The van der Waals surface area contributed by atoms with Gasteiger partial charge in [0, 0.05) is 59.6 Å². The number of nitrogens with one attached hydrogen (secondary N) is 1. The normalized spacial score (nSPS) is 14.0. The van der Waals surface area contributed by atoms with Crippen molar-refractivity contribution in [3.8, 4) is 11.6 Å². The minimum Gasteiger partial charge on any atom is -0.508 e. The highest BCUT2D eigenvalue weighted by Gasteiger charge is 2.24. The van der Waals surface area contributed by atoms with Gasteiger partial charge in [-0.3, -0.25) is 9.69 Å². The lowest BCUT2D eigenvalue weighted by Gasteiger charge is -2.31. The quantitative estimate of drug-likeness (QED) is 0.159. The third kappa shape index (κ3) is 7.90. The van der Waals surface area contributed by atoms with Crippen LogP contribution in [-0.2, 0) is 31.0 Å². The van der Waals surface area contributed by atoms with Gasteiger partial charge in [-0.25, -0.2) is 14.4 Å². The summed E-state index contributed by atoms with van der Waals surface area (Å²) in [5.41, 5.74) is 4.26. The minimum absolute atomic E-state index is 0.0758. The molecule has 6 rings (SSSR count).